The van der Waals surface area contributed by atoms with Gasteiger partial charge in [-0.2, -0.15) is 5.10 Å². The molecule has 5 nitrogen and oxygen atoms in total. The number of aromatic nitrogens is 1. The summed E-state index contributed by atoms with van der Waals surface area (Å²) in [5.74, 6) is -0.142. The van der Waals surface area contributed by atoms with E-state index in [-0.39, 0.29) is 5.56 Å². The molecule has 0 bridgehead atoms. The number of rotatable bonds is 5. The van der Waals surface area contributed by atoms with Crippen LogP contribution in [0.1, 0.15) is 15.9 Å². The third-order valence-electron chi connectivity index (χ3n) is 3.55. The van der Waals surface area contributed by atoms with Gasteiger partial charge in [0.2, 0.25) is 0 Å². The van der Waals surface area contributed by atoms with Crippen molar-refractivity contribution in [1.82, 2.24) is 9.99 Å². The van der Waals surface area contributed by atoms with Crippen molar-refractivity contribution in [3.05, 3.63) is 83.9 Å². The van der Waals surface area contributed by atoms with Gasteiger partial charge >= 0.3 is 0 Å². The summed E-state index contributed by atoms with van der Waals surface area (Å²) < 4.78 is 20.2. The Morgan fingerprint density at radius 1 is 1.20 bits per heavy atom. The van der Waals surface area contributed by atoms with Gasteiger partial charge in [-0.1, -0.05) is 6.07 Å². The van der Waals surface area contributed by atoms with Gasteiger partial charge < -0.3 is 9.30 Å². The number of carbonyl (C=O) groups is 1. The molecule has 0 saturated heterocycles. The molecule has 0 radical (unpaired) electrons. The Kier molecular flexibility index (Phi) is 4.89. The summed E-state index contributed by atoms with van der Waals surface area (Å²) in [4.78, 5) is 11.9. The van der Waals surface area contributed by atoms with Crippen molar-refractivity contribution in [3.63, 3.8) is 0 Å². The normalized spacial score (nSPS) is 10.8. The van der Waals surface area contributed by atoms with E-state index in [0.29, 0.717) is 0 Å². The second-order valence-corrected chi connectivity index (χ2v) is 5.26. The fourth-order valence-corrected chi connectivity index (χ4v) is 2.26. The molecule has 6 heteroatoms. The van der Waals surface area contributed by atoms with Crippen LogP contribution in [0.2, 0.25) is 0 Å². The van der Waals surface area contributed by atoms with Crippen molar-refractivity contribution in [3.8, 4) is 11.4 Å². The Morgan fingerprint density at radius 2 is 2.00 bits per heavy atom. The van der Waals surface area contributed by atoms with E-state index in [1.54, 1.807) is 7.11 Å². The molecule has 0 aliphatic carbocycles. The molecule has 0 fully saturated rings. The maximum absolute atomic E-state index is 13.1. The second kappa shape index (κ2) is 7.44. The highest BCUT2D eigenvalue weighted by atomic mass is 19.1. The lowest BCUT2D eigenvalue weighted by molar-refractivity contribution is 0.0954. The van der Waals surface area contributed by atoms with Gasteiger partial charge in [0.25, 0.3) is 5.91 Å². The van der Waals surface area contributed by atoms with E-state index >= 15 is 0 Å². The van der Waals surface area contributed by atoms with Crippen molar-refractivity contribution < 1.29 is 13.9 Å². The zero-order valence-electron chi connectivity index (χ0n) is 13.5. The summed E-state index contributed by atoms with van der Waals surface area (Å²) in [5.41, 5.74) is 4.38. The minimum atomic E-state index is -0.467. The molecule has 3 rings (SSSR count). The van der Waals surface area contributed by atoms with Crippen molar-refractivity contribution in [2.45, 2.75) is 0 Å². The number of amides is 1. The van der Waals surface area contributed by atoms with E-state index in [1.165, 1.54) is 24.4 Å². The van der Waals surface area contributed by atoms with Crippen molar-refractivity contribution in [2.75, 3.05) is 7.11 Å². The minimum Gasteiger partial charge on any atom is -0.497 e. The highest BCUT2D eigenvalue weighted by molar-refractivity contribution is 5.94. The average molecular weight is 337 g/mol. The highest BCUT2D eigenvalue weighted by Gasteiger charge is 2.04. The maximum atomic E-state index is 13.1. The SMILES string of the molecule is COc1ccc(-n2ccc(/C=N\NC(=O)c3cccc(F)c3)c2)cc1. The average Bonchev–Trinajstić information content (AvgIpc) is 3.10. The van der Waals surface area contributed by atoms with E-state index in [1.807, 2.05) is 47.3 Å². The molecule has 1 amide bonds. The van der Waals surface area contributed by atoms with Gasteiger partial charge in [-0.05, 0) is 48.5 Å². The number of nitrogens with zero attached hydrogens (tertiary/aromatic N) is 2. The Balaban J connectivity index is 1.64. The Labute approximate surface area is 144 Å². The fourth-order valence-electron chi connectivity index (χ4n) is 2.26. The molecule has 126 valence electrons. The molecule has 0 atom stereocenters. The maximum Gasteiger partial charge on any atom is 0.271 e. The van der Waals surface area contributed by atoms with Crippen LogP contribution in [0.15, 0.2) is 72.1 Å². The molecule has 3 aromatic rings. The van der Waals surface area contributed by atoms with Crippen LogP contribution in [-0.4, -0.2) is 23.8 Å². The Bertz CT molecular complexity index is 901. The molecule has 1 heterocycles. The lowest BCUT2D eigenvalue weighted by atomic mass is 10.2. The predicted molar refractivity (Wildman–Crippen MR) is 93.8 cm³/mol. The van der Waals surface area contributed by atoms with Gasteiger partial charge in [-0.3, -0.25) is 4.79 Å². The highest BCUT2D eigenvalue weighted by Crippen LogP contribution is 2.15. The zero-order chi connectivity index (χ0) is 17.6. The van der Waals surface area contributed by atoms with Crippen LogP contribution in [-0.2, 0) is 0 Å². The molecule has 1 N–H and O–H groups in total. The van der Waals surface area contributed by atoms with Crippen LogP contribution in [0.4, 0.5) is 4.39 Å². The lowest BCUT2D eigenvalue weighted by Crippen LogP contribution is -2.17. The molecule has 0 unspecified atom stereocenters. The summed E-state index contributed by atoms with van der Waals surface area (Å²) in [6.45, 7) is 0. The molecule has 0 aliphatic rings. The van der Waals surface area contributed by atoms with Crippen LogP contribution in [0, 0.1) is 5.82 Å². The first-order chi connectivity index (χ1) is 12.2. The topological polar surface area (TPSA) is 55.6 Å². The molecule has 25 heavy (non-hydrogen) atoms. The van der Waals surface area contributed by atoms with E-state index < -0.39 is 11.7 Å². The molecular weight excluding hydrogens is 321 g/mol. The van der Waals surface area contributed by atoms with Crippen LogP contribution in [0.25, 0.3) is 5.69 Å². The van der Waals surface area contributed by atoms with Gasteiger partial charge in [0, 0.05) is 29.2 Å². The Morgan fingerprint density at radius 3 is 2.72 bits per heavy atom. The molecule has 0 spiro atoms. The number of halogens is 1. The first kappa shape index (κ1) is 16.4. The Hall–Kier alpha value is -3.41. The lowest BCUT2D eigenvalue weighted by Gasteiger charge is -2.04. The van der Waals surface area contributed by atoms with Crippen LogP contribution < -0.4 is 10.2 Å². The van der Waals surface area contributed by atoms with E-state index in [2.05, 4.69) is 10.5 Å². The molecule has 1 aromatic heterocycles. The van der Waals surface area contributed by atoms with Crippen LogP contribution >= 0.6 is 0 Å². The minimum absolute atomic E-state index is 0.216. The predicted octanol–water partition coefficient (Wildman–Crippen LogP) is 3.39. The van der Waals surface area contributed by atoms with E-state index in [9.17, 15) is 9.18 Å². The number of benzene rings is 2. The summed E-state index contributed by atoms with van der Waals surface area (Å²) in [7, 11) is 1.62. The van der Waals surface area contributed by atoms with Crippen molar-refractivity contribution in [2.24, 2.45) is 5.10 Å². The number of hydrogen-bond donors (Lipinski definition) is 1. The van der Waals surface area contributed by atoms with Gasteiger partial charge in [0.15, 0.2) is 0 Å². The summed E-state index contributed by atoms with van der Waals surface area (Å²) in [6, 6.07) is 14.9. The van der Waals surface area contributed by atoms with Crippen LogP contribution in [0.5, 0.6) is 5.75 Å². The number of hydrazone groups is 1. The molecule has 0 saturated carbocycles. The smallest absolute Gasteiger partial charge is 0.271 e. The standard InChI is InChI=1S/C19H16FN3O2/c1-25-18-7-5-17(6-8-18)23-10-9-14(13-23)12-21-22-19(24)15-3-2-4-16(20)11-15/h2-13H,1H3,(H,22,24)/b21-12-. The monoisotopic (exact) mass is 337 g/mol. The molecule has 2 aromatic carbocycles. The first-order valence-corrected chi connectivity index (χ1v) is 7.57. The fraction of sp³-hybridized carbons (Fsp3) is 0.0526. The summed E-state index contributed by atoms with van der Waals surface area (Å²) in [6.07, 6.45) is 5.29. The van der Waals surface area contributed by atoms with Gasteiger partial charge in [-0.15, -0.1) is 0 Å². The zero-order valence-corrected chi connectivity index (χ0v) is 13.5. The molecular formula is C19H16FN3O2. The quantitative estimate of drug-likeness (QED) is 0.573. The third kappa shape index (κ3) is 4.11. The number of nitrogens with one attached hydrogen (secondary N) is 1. The van der Waals surface area contributed by atoms with E-state index in [4.69, 9.17) is 4.74 Å². The van der Waals surface area contributed by atoms with Gasteiger partial charge in [-0.25, -0.2) is 9.82 Å². The van der Waals surface area contributed by atoms with Crippen LogP contribution in [0.3, 0.4) is 0 Å². The molecule has 0 aliphatic heterocycles. The third-order valence-corrected chi connectivity index (χ3v) is 3.55. The summed E-state index contributed by atoms with van der Waals surface area (Å²) >= 11 is 0. The first-order valence-electron chi connectivity index (χ1n) is 7.57. The largest absolute Gasteiger partial charge is 0.497 e. The summed E-state index contributed by atoms with van der Waals surface area (Å²) in [5, 5.41) is 3.90. The number of hydrogen-bond acceptors (Lipinski definition) is 3. The van der Waals surface area contributed by atoms with Crippen molar-refractivity contribution in [1.29, 1.82) is 0 Å². The van der Waals surface area contributed by atoms with E-state index in [0.717, 1.165) is 23.1 Å². The van der Waals surface area contributed by atoms with Crippen molar-refractivity contribution >= 4 is 12.1 Å². The number of ether oxygens (including phenoxy) is 1. The number of carbonyl (C=O) groups excluding carboxylic acids is 1. The van der Waals surface area contributed by atoms with Gasteiger partial charge in [0.1, 0.15) is 11.6 Å². The second-order valence-electron chi connectivity index (χ2n) is 5.26. The number of methoxy groups -OCH3 is 1. The van der Waals surface area contributed by atoms with Gasteiger partial charge in [0.05, 0.1) is 13.3 Å².